The maximum absolute atomic E-state index is 12.4. The minimum Gasteiger partial charge on any atom is -0.496 e. The number of hydrogen-bond acceptors (Lipinski definition) is 5. The first-order chi connectivity index (χ1) is 15.0. The Kier molecular flexibility index (Phi) is 6.55. The molecule has 0 bridgehead atoms. The van der Waals surface area contributed by atoms with E-state index in [1.807, 2.05) is 36.4 Å². The molecule has 0 aliphatic rings. The van der Waals surface area contributed by atoms with E-state index < -0.39 is 10.0 Å². The average Bonchev–Trinajstić information content (AvgIpc) is 2.71. The lowest BCUT2D eigenvalue weighted by molar-refractivity contribution is 0.397. The SMILES string of the molecule is COc1c(C=Cc2ccc(NS(C)(=O)=O)cc2)cc(-c2cnc[nH]c2=O)cc1C(C)(C)C. The third-order valence-electron chi connectivity index (χ3n) is 4.83. The highest BCUT2D eigenvalue weighted by molar-refractivity contribution is 7.92. The summed E-state index contributed by atoms with van der Waals surface area (Å²) in [4.78, 5) is 19.0. The lowest BCUT2D eigenvalue weighted by Gasteiger charge is -2.24. The quantitative estimate of drug-likeness (QED) is 0.543. The number of nitrogens with zero attached hydrogens (tertiary/aromatic N) is 1. The van der Waals surface area contributed by atoms with Gasteiger partial charge in [0.15, 0.2) is 0 Å². The molecule has 3 aromatic rings. The van der Waals surface area contributed by atoms with Crippen LogP contribution in [0.25, 0.3) is 23.3 Å². The Hall–Kier alpha value is -3.39. The average molecular weight is 454 g/mol. The fourth-order valence-corrected chi connectivity index (χ4v) is 3.89. The largest absolute Gasteiger partial charge is 0.496 e. The second kappa shape index (κ2) is 9.00. The molecule has 2 N–H and O–H groups in total. The van der Waals surface area contributed by atoms with E-state index in [-0.39, 0.29) is 11.0 Å². The van der Waals surface area contributed by atoms with E-state index >= 15 is 0 Å². The van der Waals surface area contributed by atoms with Crippen molar-refractivity contribution in [3.63, 3.8) is 0 Å². The van der Waals surface area contributed by atoms with Crippen LogP contribution < -0.4 is 15.0 Å². The van der Waals surface area contributed by atoms with Crippen molar-refractivity contribution in [2.24, 2.45) is 0 Å². The van der Waals surface area contributed by atoms with Crippen molar-refractivity contribution < 1.29 is 13.2 Å². The van der Waals surface area contributed by atoms with Crippen LogP contribution in [0.2, 0.25) is 0 Å². The van der Waals surface area contributed by atoms with E-state index in [0.717, 1.165) is 34.3 Å². The summed E-state index contributed by atoms with van der Waals surface area (Å²) in [5, 5.41) is 0. The predicted octanol–water partition coefficient (Wildman–Crippen LogP) is 4.28. The second-order valence-electron chi connectivity index (χ2n) is 8.52. The summed E-state index contributed by atoms with van der Waals surface area (Å²) in [6, 6.07) is 10.9. The summed E-state index contributed by atoms with van der Waals surface area (Å²) < 4.78 is 31.0. The fourth-order valence-electron chi connectivity index (χ4n) is 3.33. The van der Waals surface area contributed by atoms with Gasteiger partial charge in [-0.3, -0.25) is 9.52 Å². The molecule has 3 rings (SSSR count). The topological polar surface area (TPSA) is 101 Å². The molecule has 0 fully saturated rings. The van der Waals surface area contributed by atoms with E-state index in [1.165, 1.54) is 6.33 Å². The Morgan fingerprint density at radius 1 is 1.09 bits per heavy atom. The third kappa shape index (κ3) is 5.64. The van der Waals surface area contributed by atoms with Gasteiger partial charge < -0.3 is 9.72 Å². The summed E-state index contributed by atoms with van der Waals surface area (Å²) in [6.07, 6.45) is 7.85. The minimum absolute atomic E-state index is 0.214. The molecule has 0 atom stereocenters. The van der Waals surface area contributed by atoms with E-state index in [4.69, 9.17) is 4.74 Å². The van der Waals surface area contributed by atoms with Crippen molar-refractivity contribution in [2.75, 3.05) is 18.1 Å². The molecule has 0 aliphatic heterocycles. The summed E-state index contributed by atoms with van der Waals surface area (Å²) in [7, 11) is -1.70. The van der Waals surface area contributed by atoms with E-state index in [9.17, 15) is 13.2 Å². The van der Waals surface area contributed by atoms with Gasteiger partial charge in [-0.1, -0.05) is 45.1 Å². The van der Waals surface area contributed by atoms with Crippen LogP contribution in [0.15, 0.2) is 53.7 Å². The molecule has 0 amide bonds. The lowest BCUT2D eigenvalue weighted by Crippen LogP contribution is -2.15. The maximum Gasteiger partial charge on any atom is 0.258 e. The number of anilines is 1. The van der Waals surface area contributed by atoms with Gasteiger partial charge in [0.25, 0.3) is 5.56 Å². The van der Waals surface area contributed by atoms with Crippen molar-refractivity contribution in [1.29, 1.82) is 0 Å². The molecule has 0 radical (unpaired) electrons. The van der Waals surface area contributed by atoms with Gasteiger partial charge in [0, 0.05) is 23.0 Å². The van der Waals surface area contributed by atoms with Gasteiger partial charge in [0.1, 0.15) is 5.75 Å². The Morgan fingerprint density at radius 2 is 1.78 bits per heavy atom. The van der Waals surface area contributed by atoms with Crippen LogP contribution in [0.1, 0.15) is 37.5 Å². The molecule has 0 saturated carbocycles. The monoisotopic (exact) mass is 453 g/mol. The number of nitrogens with one attached hydrogen (secondary N) is 2. The van der Waals surface area contributed by atoms with Crippen molar-refractivity contribution in [1.82, 2.24) is 9.97 Å². The highest BCUT2D eigenvalue weighted by Crippen LogP contribution is 2.38. The normalized spacial score (nSPS) is 12.2. The molecule has 32 heavy (non-hydrogen) atoms. The zero-order chi connectivity index (χ0) is 23.5. The molecule has 0 saturated heterocycles. The van der Waals surface area contributed by atoms with Gasteiger partial charge in [-0.25, -0.2) is 13.4 Å². The number of aromatic nitrogens is 2. The van der Waals surface area contributed by atoms with Crippen molar-refractivity contribution in [3.05, 3.63) is 76.0 Å². The summed E-state index contributed by atoms with van der Waals surface area (Å²) >= 11 is 0. The first-order valence-electron chi connectivity index (χ1n) is 9.99. The predicted molar refractivity (Wildman–Crippen MR) is 129 cm³/mol. The van der Waals surface area contributed by atoms with Gasteiger partial charge in [0.05, 0.1) is 25.3 Å². The van der Waals surface area contributed by atoms with Crippen LogP contribution >= 0.6 is 0 Å². The van der Waals surface area contributed by atoms with Gasteiger partial charge in [0.2, 0.25) is 10.0 Å². The number of rotatable bonds is 6. The van der Waals surface area contributed by atoms with Crippen LogP contribution in [-0.2, 0) is 15.4 Å². The summed E-state index contributed by atoms with van der Waals surface area (Å²) in [6.45, 7) is 6.26. The molecule has 1 heterocycles. The standard InChI is InChI=1S/C24H27N3O4S/c1-24(2,3)21-13-18(20-14-25-15-26-23(20)28)12-17(22(21)31-4)9-6-16-7-10-19(11-8-16)27-32(5,29)30/h6-15,27H,1-5H3,(H,25,26,28). The van der Waals surface area contributed by atoms with E-state index in [1.54, 1.807) is 25.4 Å². The van der Waals surface area contributed by atoms with Crippen molar-refractivity contribution in [2.45, 2.75) is 26.2 Å². The van der Waals surface area contributed by atoms with Gasteiger partial charge in [-0.2, -0.15) is 0 Å². The van der Waals surface area contributed by atoms with Gasteiger partial charge in [-0.05, 0) is 40.8 Å². The molecular weight excluding hydrogens is 426 g/mol. The molecule has 168 valence electrons. The van der Waals surface area contributed by atoms with Crippen LogP contribution in [0.4, 0.5) is 5.69 Å². The number of methoxy groups -OCH3 is 1. The Labute approximate surface area is 188 Å². The summed E-state index contributed by atoms with van der Waals surface area (Å²) in [5.74, 6) is 0.730. The first kappa shape index (κ1) is 23.3. The molecule has 8 heteroatoms. The van der Waals surface area contributed by atoms with Crippen LogP contribution in [0, 0.1) is 0 Å². The van der Waals surface area contributed by atoms with Gasteiger partial charge in [-0.15, -0.1) is 0 Å². The summed E-state index contributed by atoms with van der Waals surface area (Å²) in [5.41, 5.74) is 3.95. The molecule has 1 aromatic heterocycles. The number of aromatic amines is 1. The number of hydrogen-bond donors (Lipinski definition) is 2. The van der Waals surface area contributed by atoms with Crippen LogP contribution in [0.5, 0.6) is 5.75 Å². The fraction of sp³-hybridized carbons (Fsp3) is 0.250. The number of sulfonamides is 1. The third-order valence-corrected chi connectivity index (χ3v) is 5.44. The number of H-pyrrole nitrogens is 1. The smallest absolute Gasteiger partial charge is 0.258 e. The first-order valence-corrected chi connectivity index (χ1v) is 11.9. The zero-order valence-corrected chi connectivity index (χ0v) is 19.6. The minimum atomic E-state index is -3.33. The zero-order valence-electron chi connectivity index (χ0n) is 18.8. The lowest BCUT2D eigenvalue weighted by atomic mass is 9.83. The van der Waals surface area contributed by atoms with Crippen LogP contribution in [-0.4, -0.2) is 31.8 Å². The molecule has 2 aromatic carbocycles. The molecule has 0 unspecified atom stereocenters. The highest BCUT2D eigenvalue weighted by atomic mass is 32.2. The molecular formula is C24H27N3O4S. The molecule has 7 nitrogen and oxygen atoms in total. The number of benzene rings is 2. The van der Waals surface area contributed by atoms with Crippen molar-refractivity contribution in [3.8, 4) is 16.9 Å². The second-order valence-corrected chi connectivity index (χ2v) is 10.3. The molecule has 0 spiro atoms. The number of ether oxygens (including phenoxy) is 1. The van der Waals surface area contributed by atoms with E-state index in [2.05, 4.69) is 35.5 Å². The Bertz CT molecular complexity index is 1300. The maximum atomic E-state index is 12.4. The Morgan fingerprint density at radius 3 is 2.34 bits per heavy atom. The highest BCUT2D eigenvalue weighted by Gasteiger charge is 2.22. The van der Waals surface area contributed by atoms with Crippen molar-refractivity contribution >= 4 is 27.9 Å². The molecule has 0 aliphatic carbocycles. The Balaban J connectivity index is 2.07. The van der Waals surface area contributed by atoms with Crippen LogP contribution in [0.3, 0.4) is 0 Å². The van der Waals surface area contributed by atoms with E-state index in [0.29, 0.717) is 11.3 Å². The van der Waals surface area contributed by atoms with Gasteiger partial charge >= 0.3 is 0 Å².